The molecule has 0 saturated carbocycles. The molecule has 2 aromatic carbocycles. The van der Waals surface area contributed by atoms with Gasteiger partial charge < -0.3 is 14.7 Å². The maximum atomic E-state index is 12.4. The number of hydrogen-bond acceptors (Lipinski definition) is 3. The first-order valence-electron chi connectivity index (χ1n) is 9.97. The molecule has 3 atom stereocenters. The third kappa shape index (κ3) is 8.11. The van der Waals surface area contributed by atoms with Gasteiger partial charge in [0.1, 0.15) is 6.10 Å². The molecule has 0 aromatic heterocycles. The minimum Gasteiger partial charge on any atom is -0.394 e. The number of aliphatic hydroxyl groups excluding tert-OH is 1. The molecule has 1 amide bonds. The van der Waals surface area contributed by atoms with E-state index in [9.17, 15) is 9.90 Å². The Balaban J connectivity index is 0.000000372. The highest BCUT2D eigenvalue weighted by Gasteiger charge is 2.38. The zero-order chi connectivity index (χ0) is 22.5. The Hall–Kier alpha value is -1.85. The summed E-state index contributed by atoms with van der Waals surface area (Å²) in [6, 6.07) is 16.5. The molecule has 1 saturated heterocycles. The van der Waals surface area contributed by atoms with Gasteiger partial charge in [-0.1, -0.05) is 66.5 Å². The molecule has 1 N–H and O–H groups in total. The Kier molecular flexibility index (Phi) is 12.4. The van der Waals surface area contributed by atoms with Gasteiger partial charge in [-0.2, -0.15) is 0 Å². The Labute approximate surface area is 190 Å². The van der Waals surface area contributed by atoms with Crippen molar-refractivity contribution in [1.29, 1.82) is 0 Å². The van der Waals surface area contributed by atoms with Gasteiger partial charge in [0.2, 0.25) is 0 Å². The van der Waals surface area contributed by atoms with Crippen molar-refractivity contribution in [3.05, 3.63) is 82.9 Å². The van der Waals surface area contributed by atoms with E-state index in [4.69, 9.17) is 27.9 Å². The number of allylic oxidation sites excluding steroid dienone is 1. The molecular formula is C24H31Cl2NO3. The van der Waals surface area contributed by atoms with Crippen molar-refractivity contribution in [2.75, 3.05) is 13.2 Å². The van der Waals surface area contributed by atoms with E-state index >= 15 is 0 Å². The van der Waals surface area contributed by atoms with Crippen molar-refractivity contribution < 1.29 is 14.6 Å². The predicted octanol–water partition coefficient (Wildman–Crippen LogP) is 5.93. The fraction of sp³-hybridized carbons (Fsp3) is 0.375. The number of rotatable bonds is 4. The van der Waals surface area contributed by atoms with Crippen molar-refractivity contribution in [3.63, 3.8) is 0 Å². The van der Waals surface area contributed by atoms with Crippen LogP contribution in [0.2, 0.25) is 10.0 Å². The van der Waals surface area contributed by atoms with Crippen LogP contribution >= 0.6 is 23.2 Å². The second-order valence-corrected chi connectivity index (χ2v) is 7.61. The van der Waals surface area contributed by atoms with Crippen LogP contribution in [0.15, 0.2) is 67.3 Å². The zero-order valence-electron chi connectivity index (χ0n) is 17.8. The zero-order valence-corrected chi connectivity index (χ0v) is 19.3. The summed E-state index contributed by atoms with van der Waals surface area (Å²) < 4.78 is 5.55. The Morgan fingerprint density at radius 1 is 1.17 bits per heavy atom. The van der Waals surface area contributed by atoms with Crippen LogP contribution in [0.4, 0.5) is 0 Å². The maximum Gasteiger partial charge on any atom is 0.252 e. The summed E-state index contributed by atoms with van der Waals surface area (Å²) in [7, 11) is 0. The highest BCUT2D eigenvalue weighted by atomic mass is 35.5. The van der Waals surface area contributed by atoms with E-state index in [1.165, 1.54) is 0 Å². The number of carbonyl (C=O) groups excluding carboxylic acids is 1. The lowest BCUT2D eigenvalue weighted by Gasteiger charge is -2.42. The summed E-state index contributed by atoms with van der Waals surface area (Å²) in [5.41, 5.74) is 0.974. The van der Waals surface area contributed by atoms with Gasteiger partial charge in [-0.15, -0.1) is 6.58 Å². The lowest BCUT2D eigenvalue weighted by atomic mass is 10.00. The van der Waals surface area contributed by atoms with Gasteiger partial charge in [0, 0.05) is 10.0 Å². The number of benzene rings is 2. The number of nitrogens with zero attached hydrogens (tertiary/aromatic N) is 1. The van der Waals surface area contributed by atoms with Crippen LogP contribution < -0.4 is 0 Å². The van der Waals surface area contributed by atoms with Crippen LogP contribution in [-0.4, -0.2) is 41.3 Å². The van der Waals surface area contributed by atoms with Crippen molar-refractivity contribution in [3.8, 4) is 0 Å². The van der Waals surface area contributed by atoms with Crippen molar-refractivity contribution in [2.45, 2.75) is 45.4 Å². The summed E-state index contributed by atoms with van der Waals surface area (Å²) in [4.78, 5) is 14.2. The molecule has 4 nitrogen and oxygen atoms in total. The van der Waals surface area contributed by atoms with Crippen molar-refractivity contribution in [1.82, 2.24) is 4.90 Å². The summed E-state index contributed by atoms with van der Waals surface area (Å²) in [6.07, 6.45) is 2.00. The molecule has 0 radical (unpaired) electrons. The van der Waals surface area contributed by atoms with Crippen LogP contribution in [0, 0.1) is 0 Å². The van der Waals surface area contributed by atoms with E-state index in [0.717, 1.165) is 10.6 Å². The summed E-state index contributed by atoms with van der Waals surface area (Å²) in [6.45, 7) is 9.36. The van der Waals surface area contributed by atoms with E-state index in [0.29, 0.717) is 18.1 Å². The average molecular weight is 452 g/mol. The van der Waals surface area contributed by atoms with Crippen molar-refractivity contribution >= 4 is 29.1 Å². The van der Waals surface area contributed by atoms with Crippen LogP contribution in [0.5, 0.6) is 0 Å². The van der Waals surface area contributed by atoms with E-state index in [-0.39, 0.29) is 24.6 Å². The minimum atomic E-state index is -0.459. The number of halogens is 2. The first-order valence-corrected chi connectivity index (χ1v) is 10.7. The van der Waals surface area contributed by atoms with Gasteiger partial charge >= 0.3 is 0 Å². The smallest absolute Gasteiger partial charge is 0.252 e. The van der Waals surface area contributed by atoms with Gasteiger partial charge in [0.25, 0.3) is 5.91 Å². The molecule has 0 bridgehead atoms. The second kappa shape index (κ2) is 14.2. The molecule has 0 aliphatic carbocycles. The molecule has 1 aliphatic rings. The van der Waals surface area contributed by atoms with E-state index in [1.54, 1.807) is 30.0 Å². The second-order valence-electron chi connectivity index (χ2n) is 6.74. The molecule has 2 aromatic rings. The summed E-state index contributed by atoms with van der Waals surface area (Å²) in [5, 5.41) is 11.0. The molecule has 3 unspecified atom stereocenters. The minimum absolute atomic E-state index is 0.0426. The molecule has 1 fully saturated rings. The maximum absolute atomic E-state index is 12.4. The molecule has 6 heteroatoms. The Bertz CT molecular complexity index is 749. The van der Waals surface area contributed by atoms with E-state index < -0.39 is 6.10 Å². The van der Waals surface area contributed by atoms with Crippen molar-refractivity contribution in [2.24, 2.45) is 0 Å². The highest BCUT2D eigenvalue weighted by Crippen LogP contribution is 2.30. The largest absolute Gasteiger partial charge is 0.394 e. The Morgan fingerprint density at radius 3 is 2.13 bits per heavy atom. The van der Waals surface area contributed by atoms with Gasteiger partial charge in [0.05, 0.1) is 25.3 Å². The molecule has 30 heavy (non-hydrogen) atoms. The third-order valence-corrected chi connectivity index (χ3v) is 5.01. The highest BCUT2D eigenvalue weighted by molar-refractivity contribution is 6.30. The lowest BCUT2D eigenvalue weighted by molar-refractivity contribution is -0.164. The lowest BCUT2D eigenvalue weighted by Crippen LogP contribution is -2.53. The van der Waals surface area contributed by atoms with Crippen LogP contribution in [0.25, 0.3) is 0 Å². The van der Waals surface area contributed by atoms with Gasteiger partial charge in [-0.3, -0.25) is 4.79 Å². The van der Waals surface area contributed by atoms with Gasteiger partial charge in [0.15, 0.2) is 0 Å². The topological polar surface area (TPSA) is 49.8 Å². The number of hydrogen-bond donors (Lipinski definition) is 1. The monoisotopic (exact) mass is 451 g/mol. The number of ether oxygens (including phenoxy) is 1. The number of carbonyl (C=O) groups is 1. The summed E-state index contributed by atoms with van der Waals surface area (Å²) in [5.74, 6) is -0.0721. The quantitative estimate of drug-likeness (QED) is 0.585. The fourth-order valence-electron chi connectivity index (χ4n) is 2.96. The number of aliphatic hydroxyl groups is 1. The molecule has 1 heterocycles. The fourth-order valence-corrected chi connectivity index (χ4v) is 3.23. The van der Waals surface area contributed by atoms with Crippen LogP contribution in [0.1, 0.15) is 38.8 Å². The normalized spacial score (nSPS) is 19.0. The first-order chi connectivity index (χ1) is 14.4. The number of amides is 1. The molecule has 1 aliphatic heterocycles. The van der Waals surface area contributed by atoms with Crippen LogP contribution in [0.3, 0.4) is 0 Å². The van der Waals surface area contributed by atoms with E-state index in [1.807, 2.05) is 56.3 Å². The molecule has 3 rings (SSSR count). The van der Waals surface area contributed by atoms with Gasteiger partial charge in [-0.05, 0) is 50.1 Å². The molecule has 0 spiro atoms. The predicted molar refractivity (Wildman–Crippen MR) is 125 cm³/mol. The first kappa shape index (κ1) is 26.2. The van der Waals surface area contributed by atoms with E-state index in [2.05, 4.69) is 6.58 Å². The van der Waals surface area contributed by atoms with Crippen LogP contribution in [-0.2, 0) is 9.53 Å². The molecular weight excluding hydrogens is 421 g/mol. The SMILES string of the molecule is C=CC.CCC(CO)N1C(=O)C(C)OCC1c1ccc(Cl)cc1.Clc1ccccc1. The standard InChI is InChI=1S/C15H20ClNO3.C6H5Cl.C3H6/c1-3-13(8-18)17-14(9-20-10(2)15(17)19)11-4-6-12(16)7-5-11;7-6-4-2-1-3-5-6;1-3-2/h4-7,10,13-14,18H,3,8-9H2,1-2H3;1-5H;3H,1H2,2H3. The average Bonchev–Trinajstić information content (AvgIpc) is 2.74. The summed E-state index contributed by atoms with van der Waals surface area (Å²) >= 11 is 11.4. The Morgan fingerprint density at radius 2 is 1.70 bits per heavy atom. The third-order valence-electron chi connectivity index (χ3n) is 4.51. The van der Waals surface area contributed by atoms with Gasteiger partial charge in [-0.25, -0.2) is 0 Å². The molecule has 164 valence electrons. The number of morpholine rings is 1.